The van der Waals surface area contributed by atoms with E-state index in [2.05, 4.69) is 15.9 Å². The molecule has 0 saturated heterocycles. The van der Waals surface area contributed by atoms with E-state index in [1.54, 1.807) is 11.9 Å². The highest BCUT2D eigenvalue weighted by Gasteiger charge is 2.16. The lowest BCUT2D eigenvalue weighted by Crippen LogP contribution is -2.41. The fourth-order valence-electron chi connectivity index (χ4n) is 1.97. The number of nitrogens with zero attached hydrogens (tertiary/aromatic N) is 2. The number of halogens is 1. The van der Waals surface area contributed by atoms with Crippen molar-refractivity contribution < 1.29 is 14.3 Å². The fraction of sp³-hybridized carbons (Fsp3) is 0.500. The third-order valence-corrected chi connectivity index (χ3v) is 3.79. The topological polar surface area (TPSA) is 49.9 Å². The molecule has 0 radical (unpaired) electrons. The minimum atomic E-state index is -0.101. The number of ether oxygens (including phenoxy) is 1. The van der Waals surface area contributed by atoms with E-state index in [4.69, 9.17) is 4.74 Å². The molecule has 122 valence electrons. The zero-order valence-corrected chi connectivity index (χ0v) is 14.9. The Labute approximate surface area is 140 Å². The minimum Gasteiger partial charge on any atom is -0.493 e. The van der Waals surface area contributed by atoms with Crippen molar-refractivity contribution in [2.45, 2.75) is 20.3 Å². The van der Waals surface area contributed by atoms with Crippen LogP contribution in [-0.4, -0.2) is 54.9 Å². The normalized spacial score (nSPS) is 10.2. The van der Waals surface area contributed by atoms with Gasteiger partial charge in [0.1, 0.15) is 5.75 Å². The second-order valence-corrected chi connectivity index (χ2v) is 5.79. The van der Waals surface area contributed by atoms with Crippen molar-refractivity contribution in [3.8, 4) is 5.75 Å². The smallest absolute Gasteiger partial charge is 0.242 e. The van der Waals surface area contributed by atoms with Crippen LogP contribution in [0.3, 0.4) is 0 Å². The zero-order valence-electron chi connectivity index (χ0n) is 13.3. The van der Waals surface area contributed by atoms with Crippen LogP contribution in [-0.2, 0) is 9.59 Å². The number of carbonyl (C=O) groups is 2. The van der Waals surface area contributed by atoms with E-state index in [0.717, 1.165) is 4.47 Å². The van der Waals surface area contributed by atoms with E-state index in [1.165, 1.54) is 4.90 Å². The first kappa shape index (κ1) is 18.5. The van der Waals surface area contributed by atoms with Gasteiger partial charge in [-0.05, 0) is 32.0 Å². The van der Waals surface area contributed by atoms with Crippen LogP contribution in [0.1, 0.15) is 20.3 Å². The van der Waals surface area contributed by atoms with E-state index in [-0.39, 0.29) is 24.8 Å². The molecule has 1 rings (SSSR count). The van der Waals surface area contributed by atoms with Crippen LogP contribution >= 0.6 is 15.9 Å². The summed E-state index contributed by atoms with van der Waals surface area (Å²) in [6.45, 7) is 5.56. The Bertz CT molecular complexity index is 504. The molecule has 0 atom stereocenters. The molecule has 0 N–H and O–H groups in total. The molecule has 2 amide bonds. The van der Waals surface area contributed by atoms with Gasteiger partial charge in [0.15, 0.2) is 0 Å². The zero-order chi connectivity index (χ0) is 16.5. The summed E-state index contributed by atoms with van der Waals surface area (Å²) in [4.78, 5) is 27.1. The molecule has 22 heavy (non-hydrogen) atoms. The molecule has 0 heterocycles. The molecular weight excluding hydrogens is 348 g/mol. The Kier molecular flexibility index (Phi) is 7.95. The largest absolute Gasteiger partial charge is 0.493 e. The molecule has 0 aliphatic carbocycles. The number of rotatable bonds is 8. The second-order valence-electron chi connectivity index (χ2n) is 4.87. The van der Waals surface area contributed by atoms with Crippen LogP contribution in [0.4, 0.5) is 0 Å². The average molecular weight is 371 g/mol. The van der Waals surface area contributed by atoms with Crippen molar-refractivity contribution >= 4 is 27.7 Å². The molecular formula is C16H23BrN2O3. The van der Waals surface area contributed by atoms with Crippen LogP contribution in [0.25, 0.3) is 0 Å². The lowest BCUT2D eigenvalue weighted by atomic mass is 10.3. The van der Waals surface area contributed by atoms with Gasteiger partial charge < -0.3 is 14.5 Å². The van der Waals surface area contributed by atoms with Gasteiger partial charge in [0.2, 0.25) is 11.8 Å². The maximum absolute atomic E-state index is 12.0. The fourth-order valence-corrected chi connectivity index (χ4v) is 2.35. The Morgan fingerprint density at radius 2 is 1.86 bits per heavy atom. The Morgan fingerprint density at radius 1 is 1.18 bits per heavy atom. The Balaban J connectivity index is 2.36. The highest BCUT2D eigenvalue weighted by Crippen LogP contribution is 2.17. The molecule has 1 aromatic carbocycles. The van der Waals surface area contributed by atoms with Crippen molar-refractivity contribution in [1.29, 1.82) is 0 Å². The van der Waals surface area contributed by atoms with Crippen LogP contribution < -0.4 is 4.74 Å². The first-order valence-electron chi connectivity index (χ1n) is 7.38. The van der Waals surface area contributed by atoms with Gasteiger partial charge in [-0.3, -0.25) is 9.59 Å². The first-order valence-corrected chi connectivity index (χ1v) is 8.17. The van der Waals surface area contributed by atoms with Gasteiger partial charge in [-0.15, -0.1) is 0 Å². The third-order valence-electron chi connectivity index (χ3n) is 3.30. The summed E-state index contributed by atoms with van der Waals surface area (Å²) in [5.41, 5.74) is 0. The van der Waals surface area contributed by atoms with E-state index in [0.29, 0.717) is 25.4 Å². The van der Waals surface area contributed by atoms with Gasteiger partial charge in [0.05, 0.1) is 19.6 Å². The summed E-state index contributed by atoms with van der Waals surface area (Å²) in [7, 11) is 1.64. The van der Waals surface area contributed by atoms with Crippen LogP contribution in [0.5, 0.6) is 5.75 Å². The van der Waals surface area contributed by atoms with Gasteiger partial charge >= 0.3 is 0 Å². The van der Waals surface area contributed by atoms with Crippen molar-refractivity contribution in [3.63, 3.8) is 0 Å². The van der Waals surface area contributed by atoms with E-state index >= 15 is 0 Å². The third kappa shape index (κ3) is 6.05. The summed E-state index contributed by atoms with van der Waals surface area (Å²) >= 11 is 3.36. The quantitative estimate of drug-likeness (QED) is 0.706. The summed E-state index contributed by atoms with van der Waals surface area (Å²) in [5.74, 6) is 0.577. The molecule has 0 bridgehead atoms. The van der Waals surface area contributed by atoms with Crippen molar-refractivity contribution in [3.05, 3.63) is 28.7 Å². The Morgan fingerprint density at radius 3 is 2.45 bits per heavy atom. The SMILES string of the molecule is CCN(CC)C(=O)CN(C)C(=O)CCOc1cccc(Br)c1. The molecule has 0 unspecified atom stereocenters. The number of benzene rings is 1. The number of likely N-dealkylation sites (N-methyl/N-ethyl adjacent to an activating group) is 2. The minimum absolute atomic E-state index is 0.0336. The van der Waals surface area contributed by atoms with Crippen LogP contribution in [0, 0.1) is 0 Å². The van der Waals surface area contributed by atoms with Crippen molar-refractivity contribution in [2.75, 3.05) is 33.3 Å². The maximum Gasteiger partial charge on any atom is 0.242 e. The Hall–Kier alpha value is -1.56. The van der Waals surface area contributed by atoms with Gasteiger partial charge in [0, 0.05) is 24.6 Å². The molecule has 0 saturated carbocycles. The number of carbonyl (C=O) groups excluding carboxylic acids is 2. The maximum atomic E-state index is 12.0. The lowest BCUT2D eigenvalue weighted by molar-refractivity contribution is -0.139. The predicted octanol–water partition coefficient (Wildman–Crippen LogP) is 2.54. The number of hydrogen-bond acceptors (Lipinski definition) is 3. The summed E-state index contributed by atoms with van der Waals surface area (Å²) in [6.07, 6.45) is 0.245. The van der Waals surface area contributed by atoms with Gasteiger partial charge in [-0.1, -0.05) is 22.0 Å². The summed E-state index contributed by atoms with van der Waals surface area (Å²) < 4.78 is 6.46. The highest BCUT2D eigenvalue weighted by molar-refractivity contribution is 9.10. The molecule has 1 aromatic rings. The van der Waals surface area contributed by atoms with Gasteiger partial charge in [-0.25, -0.2) is 0 Å². The second kappa shape index (κ2) is 9.46. The molecule has 0 aliphatic rings. The molecule has 0 aliphatic heterocycles. The van der Waals surface area contributed by atoms with Crippen LogP contribution in [0.15, 0.2) is 28.7 Å². The van der Waals surface area contributed by atoms with Gasteiger partial charge in [-0.2, -0.15) is 0 Å². The number of hydrogen-bond donors (Lipinski definition) is 0. The highest BCUT2D eigenvalue weighted by atomic mass is 79.9. The average Bonchev–Trinajstić information content (AvgIpc) is 2.48. The standard InChI is InChI=1S/C16H23BrN2O3/c1-4-19(5-2)16(21)12-18(3)15(20)9-10-22-14-8-6-7-13(17)11-14/h6-8,11H,4-5,9-10,12H2,1-3H3. The monoisotopic (exact) mass is 370 g/mol. The van der Waals surface area contributed by atoms with Crippen LogP contribution in [0.2, 0.25) is 0 Å². The molecule has 0 aromatic heterocycles. The number of amides is 2. The lowest BCUT2D eigenvalue weighted by Gasteiger charge is -2.23. The van der Waals surface area contributed by atoms with Crippen molar-refractivity contribution in [1.82, 2.24) is 9.80 Å². The van der Waals surface area contributed by atoms with E-state index in [9.17, 15) is 9.59 Å². The molecule has 0 spiro atoms. The first-order chi connectivity index (χ1) is 10.5. The summed E-state index contributed by atoms with van der Waals surface area (Å²) in [6, 6.07) is 7.46. The molecule has 0 fully saturated rings. The van der Waals surface area contributed by atoms with Gasteiger partial charge in [0.25, 0.3) is 0 Å². The predicted molar refractivity (Wildman–Crippen MR) is 89.8 cm³/mol. The summed E-state index contributed by atoms with van der Waals surface area (Å²) in [5, 5.41) is 0. The van der Waals surface area contributed by atoms with E-state index < -0.39 is 0 Å². The molecule has 5 nitrogen and oxygen atoms in total. The molecule has 6 heteroatoms. The van der Waals surface area contributed by atoms with E-state index in [1.807, 2.05) is 38.1 Å². The van der Waals surface area contributed by atoms with Crippen molar-refractivity contribution in [2.24, 2.45) is 0 Å².